The van der Waals surface area contributed by atoms with Crippen molar-refractivity contribution >= 4 is 22.9 Å². The minimum atomic E-state index is -0.219. The third-order valence-corrected chi connectivity index (χ3v) is 3.97. The topological polar surface area (TPSA) is 38.9 Å². The molecule has 16 heavy (non-hydrogen) atoms. The van der Waals surface area contributed by atoms with Gasteiger partial charge in [0, 0.05) is 11.1 Å². The summed E-state index contributed by atoms with van der Waals surface area (Å²) >= 11 is 7.66. The molecule has 0 spiro atoms. The van der Waals surface area contributed by atoms with Crippen LogP contribution in [-0.2, 0) is 6.42 Å². The molecular formula is C12H13ClN2S. The van der Waals surface area contributed by atoms with Crippen molar-refractivity contribution in [2.45, 2.75) is 19.4 Å². The van der Waals surface area contributed by atoms with E-state index in [-0.39, 0.29) is 6.04 Å². The lowest BCUT2D eigenvalue weighted by Crippen LogP contribution is -2.14. The van der Waals surface area contributed by atoms with Crippen LogP contribution >= 0.6 is 22.9 Å². The normalized spacial score (nSPS) is 12.7. The minimum absolute atomic E-state index is 0.219. The van der Waals surface area contributed by atoms with Gasteiger partial charge in [0.15, 0.2) is 0 Å². The molecule has 0 aliphatic heterocycles. The molecule has 0 bridgehead atoms. The molecule has 0 aliphatic rings. The van der Waals surface area contributed by atoms with Crippen molar-refractivity contribution in [2.75, 3.05) is 0 Å². The highest BCUT2D eigenvalue weighted by molar-refractivity contribution is 7.10. The molecule has 1 unspecified atom stereocenters. The summed E-state index contributed by atoms with van der Waals surface area (Å²) < 4.78 is 0. The Morgan fingerprint density at radius 3 is 2.94 bits per heavy atom. The lowest BCUT2D eigenvalue weighted by molar-refractivity contribution is 0.821. The van der Waals surface area contributed by atoms with Crippen molar-refractivity contribution in [1.82, 2.24) is 4.98 Å². The van der Waals surface area contributed by atoms with Gasteiger partial charge >= 0.3 is 0 Å². The molecule has 1 atom stereocenters. The van der Waals surface area contributed by atoms with Crippen LogP contribution in [0.4, 0.5) is 0 Å². The second-order valence-electron chi connectivity index (χ2n) is 3.51. The lowest BCUT2D eigenvalue weighted by Gasteiger charge is -2.13. The first-order valence-electron chi connectivity index (χ1n) is 5.16. The van der Waals surface area contributed by atoms with Crippen LogP contribution in [0.15, 0.2) is 29.8 Å². The van der Waals surface area contributed by atoms with Gasteiger partial charge in [-0.3, -0.25) is 4.98 Å². The Balaban J connectivity index is 2.41. The first-order valence-corrected chi connectivity index (χ1v) is 6.42. The molecule has 0 fully saturated rings. The minimum Gasteiger partial charge on any atom is -0.318 e. The van der Waals surface area contributed by atoms with E-state index in [0.29, 0.717) is 0 Å². The number of pyridine rings is 1. The Morgan fingerprint density at radius 1 is 1.50 bits per heavy atom. The standard InChI is InChI=1S/C12H13ClN2S/c1-2-8-4-3-6-15-11(8)10(14)12-9(13)5-7-16-12/h3-7,10H,2,14H2,1H3. The third kappa shape index (κ3) is 2.12. The van der Waals surface area contributed by atoms with E-state index in [1.165, 1.54) is 5.56 Å². The quantitative estimate of drug-likeness (QED) is 0.909. The van der Waals surface area contributed by atoms with E-state index < -0.39 is 0 Å². The lowest BCUT2D eigenvalue weighted by atomic mass is 10.0. The molecule has 0 amide bonds. The van der Waals surface area contributed by atoms with Gasteiger partial charge in [-0.1, -0.05) is 24.6 Å². The van der Waals surface area contributed by atoms with Crippen molar-refractivity contribution in [3.8, 4) is 0 Å². The summed E-state index contributed by atoms with van der Waals surface area (Å²) in [7, 11) is 0. The fraction of sp³-hybridized carbons (Fsp3) is 0.250. The summed E-state index contributed by atoms with van der Waals surface area (Å²) in [4.78, 5) is 5.35. The highest BCUT2D eigenvalue weighted by Crippen LogP contribution is 2.31. The number of hydrogen-bond donors (Lipinski definition) is 1. The highest BCUT2D eigenvalue weighted by Gasteiger charge is 2.17. The van der Waals surface area contributed by atoms with E-state index in [1.54, 1.807) is 17.5 Å². The molecule has 2 rings (SSSR count). The first kappa shape index (κ1) is 11.6. The average Bonchev–Trinajstić information content (AvgIpc) is 2.74. The Kier molecular flexibility index (Phi) is 3.59. The molecule has 2 aromatic rings. The van der Waals surface area contributed by atoms with E-state index in [9.17, 15) is 0 Å². The Labute approximate surface area is 104 Å². The zero-order chi connectivity index (χ0) is 11.5. The number of rotatable bonds is 3. The van der Waals surface area contributed by atoms with Crippen LogP contribution in [0.3, 0.4) is 0 Å². The van der Waals surface area contributed by atoms with Gasteiger partial charge in [0.2, 0.25) is 0 Å². The molecule has 2 heterocycles. The number of aryl methyl sites for hydroxylation is 1. The summed E-state index contributed by atoms with van der Waals surface area (Å²) in [5.74, 6) is 0. The average molecular weight is 253 g/mol. The van der Waals surface area contributed by atoms with Crippen LogP contribution in [-0.4, -0.2) is 4.98 Å². The molecule has 0 radical (unpaired) electrons. The van der Waals surface area contributed by atoms with Crippen LogP contribution in [0.1, 0.15) is 29.1 Å². The molecule has 2 aromatic heterocycles. The van der Waals surface area contributed by atoms with Crippen LogP contribution in [0.25, 0.3) is 0 Å². The van der Waals surface area contributed by atoms with Gasteiger partial charge in [-0.15, -0.1) is 11.3 Å². The molecule has 2 N–H and O–H groups in total. The SMILES string of the molecule is CCc1cccnc1C(N)c1sccc1Cl. The maximum Gasteiger partial charge on any atom is 0.0837 e. The van der Waals surface area contributed by atoms with Crippen molar-refractivity contribution < 1.29 is 0 Å². The molecule has 0 saturated carbocycles. The van der Waals surface area contributed by atoms with Gasteiger partial charge < -0.3 is 5.73 Å². The van der Waals surface area contributed by atoms with Crippen LogP contribution in [0.2, 0.25) is 5.02 Å². The van der Waals surface area contributed by atoms with Gasteiger partial charge in [0.05, 0.1) is 16.8 Å². The zero-order valence-electron chi connectivity index (χ0n) is 8.98. The Bertz CT molecular complexity index is 481. The van der Waals surface area contributed by atoms with Gasteiger partial charge in [-0.2, -0.15) is 0 Å². The predicted octanol–water partition coefficient (Wildman–Crippen LogP) is 3.41. The highest BCUT2D eigenvalue weighted by atomic mass is 35.5. The summed E-state index contributed by atoms with van der Waals surface area (Å²) in [6.45, 7) is 2.10. The fourth-order valence-electron chi connectivity index (χ4n) is 1.68. The van der Waals surface area contributed by atoms with Crippen LogP contribution in [0.5, 0.6) is 0 Å². The molecule has 0 aliphatic carbocycles. The summed E-state index contributed by atoms with van der Waals surface area (Å²) in [5.41, 5.74) is 8.31. The first-order chi connectivity index (χ1) is 7.74. The largest absolute Gasteiger partial charge is 0.318 e. The van der Waals surface area contributed by atoms with Crippen molar-refractivity contribution in [3.05, 3.63) is 50.9 Å². The zero-order valence-corrected chi connectivity index (χ0v) is 10.6. The van der Waals surface area contributed by atoms with Crippen LogP contribution < -0.4 is 5.73 Å². The maximum absolute atomic E-state index is 6.20. The molecule has 2 nitrogen and oxygen atoms in total. The predicted molar refractivity (Wildman–Crippen MR) is 69.0 cm³/mol. The molecule has 0 aromatic carbocycles. The number of hydrogen-bond acceptors (Lipinski definition) is 3. The van der Waals surface area contributed by atoms with Crippen molar-refractivity contribution in [1.29, 1.82) is 0 Å². The summed E-state index contributed by atoms with van der Waals surface area (Å²) in [6.07, 6.45) is 2.70. The number of nitrogens with two attached hydrogens (primary N) is 1. The molecular weight excluding hydrogens is 240 g/mol. The van der Waals surface area contributed by atoms with Gasteiger partial charge in [-0.25, -0.2) is 0 Å². The van der Waals surface area contributed by atoms with Gasteiger partial charge in [-0.05, 0) is 29.5 Å². The van der Waals surface area contributed by atoms with E-state index >= 15 is 0 Å². The second-order valence-corrected chi connectivity index (χ2v) is 4.87. The molecule has 0 saturated heterocycles. The number of nitrogens with zero attached hydrogens (tertiary/aromatic N) is 1. The third-order valence-electron chi connectivity index (χ3n) is 2.53. The van der Waals surface area contributed by atoms with Crippen molar-refractivity contribution in [3.63, 3.8) is 0 Å². The number of aromatic nitrogens is 1. The second kappa shape index (κ2) is 4.95. The maximum atomic E-state index is 6.20. The van der Waals surface area contributed by atoms with Gasteiger partial charge in [0.25, 0.3) is 0 Å². The summed E-state index contributed by atoms with van der Waals surface area (Å²) in [5, 5.41) is 2.68. The smallest absolute Gasteiger partial charge is 0.0837 e. The van der Waals surface area contributed by atoms with E-state index in [2.05, 4.69) is 18.0 Å². The monoisotopic (exact) mass is 252 g/mol. The van der Waals surface area contributed by atoms with Crippen LogP contribution in [0, 0.1) is 0 Å². The Hall–Kier alpha value is -0.900. The fourth-order valence-corrected chi connectivity index (χ4v) is 2.86. The Morgan fingerprint density at radius 2 is 2.31 bits per heavy atom. The number of halogens is 1. The molecule has 4 heteroatoms. The molecule has 84 valence electrons. The number of thiophene rings is 1. The summed E-state index contributed by atoms with van der Waals surface area (Å²) in [6, 6.07) is 5.65. The van der Waals surface area contributed by atoms with Gasteiger partial charge in [0.1, 0.15) is 0 Å². The van der Waals surface area contributed by atoms with E-state index in [1.807, 2.05) is 17.5 Å². The van der Waals surface area contributed by atoms with Crippen molar-refractivity contribution in [2.24, 2.45) is 5.73 Å². The van der Waals surface area contributed by atoms with E-state index in [4.69, 9.17) is 17.3 Å². The van der Waals surface area contributed by atoms with E-state index in [0.717, 1.165) is 22.0 Å².